The zero-order chi connectivity index (χ0) is 18.7. The molecular weight excluding hydrogens is 340 g/mol. The third-order valence-corrected chi connectivity index (χ3v) is 6.06. The number of piperidine rings is 1. The van der Waals surface area contributed by atoms with Crippen molar-refractivity contribution in [2.45, 2.75) is 39.2 Å². The standard InChI is InChI=1S/C21H28N4O2/c1-17-15-19(23-25(17)16-18-5-3-2-4-6-18)22-20(26)24-11-7-21(8-12-24)9-13-27-14-10-21/h2-6,15H,7-14,16H2,1H3,(H,22,23,26). The number of benzene rings is 1. The van der Waals surface area contributed by atoms with Crippen LogP contribution < -0.4 is 5.32 Å². The van der Waals surface area contributed by atoms with Crippen LogP contribution >= 0.6 is 0 Å². The Labute approximate surface area is 160 Å². The molecule has 144 valence electrons. The van der Waals surface area contributed by atoms with Crippen molar-refractivity contribution >= 4 is 11.8 Å². The van der Waals surface area contributed by atoms with Crippen LogP contribution in [0.15, 0.2) is 36.4 Å². The van der Waals surface area contributed by atoms with Gasteiger partial charge in [0.25, 0.3) is 0 Å². The van der Waals surface area contributed by atoms with E-state index in [-0.39, 0.29) is 6.03 Å². The minimum Gasteiger partial charge on any atom is -0.381 e. The summed E-state index contributed by atoms with van der Waals surface area (Å²) in [5.74, 6) is 0.625. The predicted octanol–water partition coefficient (Wildman–Crippen LogP) is 3.66. The number of urea groups is 1. The van der Waals surface area contributed by atoms with E-state index in [1.54, 1.807) is 0 Å². The molecule has 2 aromatic rings. The number of carbonyl (C=O) groups is 1. The maximum Gasteiger partial charge on any atom is 0.323 e. The van der Waals surface area contributed by atoms with Crippen molar-refractivity contribution in [3.8, 4) is 0 Å². The quantitative estimate of drug-likeness (QED) is 0.899. The molecule has 6 nitrogen and oxygen atoms in total. The Balaban J connectivity index is 1.34. The third-order valence-electron chi connectivity index (χ3n) is 6.06. The van der Waals surface area contributed by atoms with Gasteiger partial charge in [0.1, 0.15) is 0 Å². The van der Waals surface area contributed by atoms with E-state index in [9.17, 15) is 4.79 Å². The lowest BCUT2D eigenvalue weighted by Crippen LogP contribution is -2.46. The Hall–Kier alpha value is -2.34. The number of anilines is 1. The van der Waals surface area contributed by atoms with Gasteiger partial charge in [-0.15, -0.1) is 0 Å². The van der Waals surface area contributed by atoms with Gasteiger partial charge in [0.2, 0.25) is 0 Å². The summed E-state index contributed by atoms with van der Waals surface area (Å²) in [5, 5.41) is 7.55. The van der Waals surface area contributed by atoms with E-state index in [0.29, 0.717) is 17.8 Å². The summed E-state index contributed by atoms with van der Waals surface area (Å²) < 4.78 is 7.43. The van der Waals surface area contributed by atoms with Gasteiger partial charge >= 0.3 is 6.03 Å². The molecule has 3 heterocycles. The molecule has 0 unspecified atom stereocenters. The third kappa shape index (κ3) is 4.16. The topological polar surface area (TPSA) is 59.4 Å². The van der Waals surface area contributed by atoms with Crippen LogP contribution in [0.25, 0.3) is 0 Å². The number of amides is 2. The van der Waals surface area contributed by atoms with Crippen molar-refractivity contribution in [1.82, 2.24) is 14.7 Å². The highest BCUT2D eigenvalue weighted by Crippen LogP contribution is 2.40. The van der Waals surface area contributed by atoms with Crippen LogP contribution in [0.3, 0.4) is 0 Å². The van der Waals surface area contributed by atoms with Crippen molar-refractivity contribution < 1.29 is 9.53 Å². The second kappa shape index (κ2) is 7.72. The van der Waals surface area contributed by atoms with Crippen LogP contribution in [0.1, 0.15) is 36.9 Å². The average Bonchev–Trinajstić information content (AvgIpc) is 3.02. The molecule has 6 heteroatoms. The highest BCUT2D eigenvalue weighted by molar-refractivity contribution is 5.88. The average molecular weight is 368 g/mol. The van der Waals surface area contributed by atoms with Crippen molar-refractivity contribution in [3.05, 3.63) is 47.7 Å². The summed E-state index contributed by atoms with van der Waals surface area (Å²) in [4.78, 5) is 14.6. The minimum absolute atomic E-state index is 0.0405. The SMILES string of the molecule is Cc1cc(NC(=O)N2CCC3(CCOCC3)CC2)nn1Cc1ccccc1. The van der Waals surface area contributed by atoms with Gasteiger partial charge in [-0.2, -0.15) is 5.10 Å². The Morgan fingerprint density at radius 3 is 2.56 bits per heavy atom. The molecule has 0 bridgehead atoms. The molecule has 1 N–H and O–H groups in total. The number of likely N-dealkylation sites (tertiary alicyclic amines) is 1. The summed E-state index contributed by atoms with van der Waals surface area (Å²) in [6.45, 7) is 6.08. The molecule has 0 saturated carbocycles. The number of aromatic nitrogens is 2. The van der Waals surface area contributed by atoms with Crippen molar-refractivity contribution in [2.75, 3.05) is 31.6 Å². The first-order valence-corrected chi connectivity index (χ1v) is 9.86. The van der Waals surface area contributed by atoms with Gasteiger partial charge in [0.05, 0.1) is 6.54 Å². The molecule has 27 heavy (non-hydrogen) atoms. The van der Waals surface area contributed by atoms with Crippen molar-refractivity contribution in [2.24, 2.45) is 5.41 Å². The number of ether oxygens (including phenoxy) is 1. The fourth-order valence-electron chi connectivity index (χ4n) is 4.16. The van der Waals surface area contributed by atoms with Crippen LogP contribution in [-0.2, 0) is 11.3 Å². The second-order valence-corrected chi connectivity index (χ2v) is 7.84. The van der Waals surface area contributed by atoms with Crippen molar-refractivity contribution in [1.29, 1.82) is 0 Å². The normalized spacial score (nSPS) is 19.2. The summed E-state index contributed by atoms with van der Waals surface area (Å²) in [5.41, 5.74) is 2.62. The van der Waals surface area contributed by atoms with Crippen LogP contribution in [-0.4, -0.2) is 47.0 Å². The molecule has 1 aromatic heterocycles. The summed E-state index contributed by atoms with van der Waals surface area (Å²) in [6.07, 6.45) is 4.41. The number of aryl methyl sites for hydroxylation is 1. The molecular formula is C21H28N4O2. The summed E-state index contributed by atoms with van der Waals surface area (Å²) >= 11 is 0. The Morgan fingerprint density at radius 2 is 1.85 bits per heavy atom. The Bertz CT molecular complexity index is 771. The van der Waals surface area contributed by atoms with Gasteiger partial charge in [0.15, 0.2) is 5.82 Å². The Kier molecular flexibility index (Phi) is 5.16. The molecule has 4 rings (SSSR count). The number of hydrogen-bond donors (Lipinski definition) is 1. The molecule has 2 aliphatic heterocycles. The number of nitrogens with one attached hydrogen (secondary N) is 1. The minimum atomic E-state index is -0.0405. The van der Waals surface area contributed by atoms with E-state index in [4.69, 9.17) is 4.74 Å². The van der Waals surface area contributed by atoms with Crippen LogP contribution in [0.5, 0.6) is 0 Å². The molecule has 1 aromatic carbocycles. The van der Waals surface area contributed by atoms with E-state index in [0.717, 1.165) is 57.7 Å². The maximum absolute atomic E-state index is 12.7. The lowest BCUT2D eigenvalue weighted by atomic mass is 9.72. The van der Waals surface area contributed by atoms with E-state index < -0.39 is 0 Å². The van der Waals surface area contributed by atoms with Gasteiger partial charge in [-0.05, 0) is 43.6 Å². The first-order chi connectivity index (χ1) is 13.1. The van der Waals surface area contributed by atoms with Crippen LogP contribution in [0, 0.1) is 12.3 Å². The lowest BCUT2D eigenvalue weighted by Gasteiger charge is -2.43. The van der Waals surface area contributed by atoms with Crippen LogP contribution in [0.4, 0.5) is 10.6 Å². The fourth-order valence-corrected chi connectivity index (χ4v) is 4.16. The second-order valence-electron chi connectivity index (χ2n) is 7.84. The molecule has 0 radical (unpaired) electrons. The fraction of sp³-hybridized carbons (Fsp3) is 0.524. The molecule has 2 aliphatic rings. The van der Waals surface area contributed by atoms with Crippen LogP contribution in [0.2, 0.25) is 0 Å². The van der Waals surface area contributed by atoms with Gasteiger partial charge in [-0.25, -0.2) is 4.79 Å². The van der Waals surface area contributed by atoms with E-state index in [1.807, 2.05) is 40.8 Å². The van der Waals surface area contributed by atoms with Gasteiger partial charge in [-0.3, -0.25) is 10.00 Å². The molecule has 1 spiro atoms. The van der Waals surface area contributed by atoms with Crippen molar-refractivity contribution in [3.63, 3.8) is 0 Å². The van der Waals surface area contributed by atoms with E-state index in [2.05, 4.69) is 22.5 Å². The molecule has 2 saturated heterocycles. The summed E-state index contributed by atoms with van der Waals surface area (Å²) in [6, 6.07) is 12.1. The molecule has 2 amide bonds. The zero-order valence-corrected chi connectivity index (χ0v) is 16.0. The Morgan fingerprint density at radius 1 is 1.15 bits per heavy atom. The smallest absolute Gasteiger partial charge is 0.323 e. The van der Waals surface area contributed by atoms with Gasteiger partial charge in [0, 0.05) is 38.1 Å². The summed E-state index contributed by atoms with van der Waals surface area (Å²) in [7, 11) is 0. The lowest BCUT2D eigenvalue weighted by molar-refractivity contribution is -0.0138. The first kappa shape index (κ1) is 18.0. The van der Waals surface area contributed by atoms with E-state index >= 15 is 0 Å². The highest BCUT2D eigenvalue weighted by atomic mass is 16.5. The van der Waals surface area contributed by atoms with E-state index in [1.165, 1.54) is 5.56 Å². The predicted molar refractivity (Wildman–Crippen MR) is 105 cm³/mol. The van der Waals surface area contributed by atoms with Gasteiger partial charge < -0.3 is 9.64 Å². The number of hydrogen-bond acceptors (Lipinski definition) is 3. The number of rotatable bonds is 3. The molecule has 2 fully saturated rings. The number of nitrogens with zero attached hydrogens (tertiary/aromatic N) is 3. The molecule has 0 aliphatic carbocycles. The zero-order valence-electron chi connectivity index (χ0n) is 16.0. The maximum atomic E-state index is 12.7. The van der Waals surface area contributed by atoms with Gasteiger partial charge in [-0.1, -0.05) is 30.3 Å². The largest absolute Gasteiger partial charge is 0.381 e. The first-order valence-electron chi connectivity index (χ1n) is 9.86. The molecule has 0 atom stereocenters. The number of carbonyl (C=O) groups excluding carboxylic acids is 1. The highest BCUT2D eigenvalue weighted by Gasteiger charge is 2.37. The monoisotopic (exact) mass is 368 g/mol.